The molecule has 1 N–H and O–H groups in total. The number of anilines is 2. The Kier molecular flexibility index (Phi) is 4.72. The van der Waals surface area contributed by atoms with Gasteiger partial charge in [-0.1, -0.05) is 6.07 Å². The van der Waals surface area contributed by atoms with Gasteiger partial charge >= 0.3 is 6.01 Å². The Morgan fingerprint density at radius 3 is 2.70 bits per heavy atom. The third-order valence-corrected chi connectivity index (χ3v) is 2.96. The van der Waals surface area contributed by atoms with Gasteiger partial charge in [0.2, 0.25) is 11.2 Å². The lowest BCUT2D eigenvalue weighted by molar-refractivity contribution is 0.222. The summed E-state index contributed by atoms with van der Waals surface area (Å²) in [6, 6.07) is 4.68. The zero-order valence-electron chi connectivity index (χ0n) is 10.7. The first-order valence-corrected chi connectivity index (χ1v) is 6.92. The van der Waals surface area contributed by atoms with Gasteiger partial charge in [-0.25, -0.2) is 4.39 Å². The standard InChI is InChI=1S/C12H11BrClFN4O/c1-6(2)20-12-18-10(14)17-11(19-12)16-9-7(13)4-3-5-8(9)15/h3-6H,1-2H3,(H,16,17,18,19). The normalized spacial score (nSPS) is 10.7. The van der Waals surface area contributed by atoms with Gasteiger partial charge in [-0.05, 0) is 53.5 Å². The van der Waals surface area contributed by atoms with Gasteiger partial charge in [0.15, 0.2) is 0 Å². The number of hydrogen-bond acceptors (Lipinski definition) is 5. The zero-order valence-corrected chi connectivity index (χ0v) is 13.0. The highest BCUT2D eigenvalue weighted by atomic mass is 79.9. The second kappa shape index (κ2) is 6.32. The Morgan fingerprint density at radius 1 is 1.30 bits per heavy atom. The van der Waals surface area contributed by atoms with E-state index in [1.165, 1.54) is 6.07 Å². The minimum absolute atomic E-state index is 0.0365. The summed E-state index contributed by atoms with van der Waals surface area (Å²) in [5, 5.41) is 2.71. The highest BCUT2D eigenvalue weighted by Crippen LogP contribution is 2.28. The molecule has 20 heavy (non-hydrogen) atoms. The second-order valence-corrected chi connectivity index (χ2v) is 5.29. The molecular weight excluding hydrogens is 351 g/mol. The highest BCUT2D eigenvalue weighted by Gasteiger charge is 2.12. The summed E-state index contributed by atoms with van der Waals surface area (Å²) in [6.07, 6.45) is -0.110. The average molecular weight is 362 g/mol. The van der Waals surface area contributed by atoms with Crippen LogP contribution in [0.4, 0.5) is 16.0 Å². The number of aromatic nitrogens is 3. The molecule has 106 valence electrons. The second-order valence-electron chi connectivity index (χ2n) is 4.10. The first-order chi connectivity index (χ1) is 9.45. The third-order valence-electron chi connectivity index (χ3n) is 2.13. The molecule has 0 unspecified atom stereocenters. The molecule has 5 nitrogen and oxygen atoms in total. The molecule has 0 spiro atoms. The Labute approximate surface area is 128 Å². The zero-order chi connectivity index (χ0) is 14.7. The van der Waals surface area contributed by atoms with Crippen molar-refractivity contribution in [2.45, 2.75) is 20.0 Å². The number of nitrogens with zero attached hydrogens (tertiary/aromatic N) is 3. The number of para-hydroxylation sites is 1. The van der Waals surface area contributed by atoms with Gasteiger partial charge in [0, 0.05) is 4.47 Å². The van der Waals surface area contributed by atoms with Crippen LogP contribution >= 0.6 is 27.5 Å². The van der Waals surface area contributed by atoms with E-state index in [4.69, 9.17) is 16.3 Å². The van der Waals surface area contributed by atoms with Crippen LogP contribution in [0.2, 0.25) is 5.28 Å². The number of rotatable bonds is 4. The van der Waals surface area contributed by atoms with Crippen molar-refractivity contribution in [1.29, 1.82) is 0 Å². The van der Waals surface area contributed by atoms with E-state index >= 15 is 0 Å². The van der Waals surface area contributed by atoms with Gasteiger partial charge in [0.25, 0.3) is 0 Å². The smallest absolute Gasteiger partial charge is 0.322 e. The fourth-order valence-corrected chi connectivity index (χ4v) is 1.97. The van der Waals surface area contributed by atoms with Crippen LogP contribution < -0.4 is 10.1 Å². The minimum atomic E-state index is -0.442. The maximum atomic E-state index is 13.7. The predicted octanol–water partition coefficient (Wildman–Crippen LogP) is 3.96. The summed E-state index contributed by atoms with van der Waals surface area (Å²) < 4.78 is 19.6. The first-order valence-electron chi connectivity index (χ1n) is 5.75. The lowest BCUT2D eigenvalue weighted by Crippen LogP contribution is -2.10. The van der Waals surface area contributed by atoms with Crippen molar-refractivity contribution < 1.29 is 9.13 Å². The first kappa shape index (κ1) is 14.9. The van der Waals surface area contributed by atoms with Crippen molar-refractivity contribution in [3.05, 3.63) is 33.8 Å². The number of halogens is 3. The van der Waals surface area contributed by atoms with Crippen molar-refractivity contribution in [3.63, 3.8) is 0 Å². The monoisotopic (exact) mass is 360 g/mol. The molecule has 0 aliphatic rings. The summed E-state index contributed by atoms with van der Waals surface area (Å²) in [5.74, 6) is -0.339. The van der Waals surface area contributed by atoms with Crippen LogP contribution in [0, 0.1) is 5.82 Å². The van der Waals surface area contributed by atoms with E-state index in [0.29, 0.717) is 4.47 Å². The molecule has 0 bridgehead atoms. The Morgan fingerprint density at radius 2 is 2.05 bits per heavy atom. The van der Waals surface area contributed by atoms with Crippen molar-refractivity contribution in [3.8, 4) is 6.01 Å². The molecule has 0 aliphatic carbocycles. The topological polar surface area (TPSA) is 59.9 Å². The summed E-state index contributed by atoms with van der Waals surface area (Å²) in [4.78, 5) is 11.7. The van der Waals surface area contributed by atoms with Gasteiger partial charge in [0.05, 0.1) is 11.8 Å². The van der Waals surface area contributed by atoms with Crippen LogP contribution in [0.25, 0.3) is 0 Å². The molecule has 8 heteroatoms. The quantitative estimate of drug-likeness (QED) is 0.893. The van der Waals surface area contributed by atoms with Crippen LogP contribution in [0.15, 0.2) is 22.7 Å². The van der Waals surface area contributed by atoms with E-state index < -0.39 is 5.82 Å². The summed E-state index contributed by atoms with van der Waals surface area (Å²) in [7, 11) is 0. The highest BCUT2D eigenvalue weighted by molar-refractivity contribution is 9.10. The van der Waals surface area contributed by atoms with E-state index in [1.807, 2.05) is 13.8 Å². The summed E-state index contributed by atoms with van der Waals surface area (Å²) >= 11 is 9.04. The molecule has 1 heterocycles. The molecule has 0 saturated carbocycles. The molecular formula is C12H11BrClFN4O. The molecule has 1 aromatic carbocycles. The fourth-order valence-electron chi connectivity index (χ4n) is 1.38. The fraction of sp³-hybridized carbons (Fsp3) is 0.250. The molecule has 0 amide bonds. The number of nitrogens with one attached hydrogen (secondary N) is 1. The van der Waals surface area contributed by atoms with Gasteiger partial charge in [0.1, 0.15) is 5.82 Å². The Balaban J connectivity index is 2.31. The van der Waals surface area contributed by atoms with E-state index in [1.54, 1.807) is 12.1 Å². The Bertz CT molecular complexity index is 606. The average Bonchev–Trinajstić information content (AvgIpc) is 2.32. The van der Waals surface area contributed by atoms with Crippen molar-refractivity contribution in [1.82, 2.24) is 15.0 Å². The molecule has 1 aromatic heterocycles. The van der Waals surface area contributed by atoms with Gasteiger partial charge < -0.3 is 10.1 Å². The maximum Gasteiger partial charge on any atom is 0.322 e. The van der Waals surface area contributed by atoms with E-state index in [9.17, 15) is 4.39 Å². The van der Waals surface area contributed by atoms with Crippen LogP contribution in [0.3, 0.4) is 0 Å². The van der Waals surface area contributed by atoms with Crippen LogP contribution in [0.5, 0.6) is 6.01 Å². The largest absolute Gasteiger partial charge is 0.461 e. The van der Waals surface area contributed by atoms with Crippen molar-refractivity contribution >= 4 is 39.2 Å². The number of ether oxygens (including phenoxy) is 1. The summed E-state index contributed by atoms with van der Waals surface area (Å²) in [5.41, 5.74) is 0.213. The van der Waals surface area contributed by atoms with Crippen LogP contribution in [0.1, 0.15) is 13.8 Å². The number of benzene rings is 1. The Hall–Kier alpha value is -1.47. The SMILES string of the molecule is CC(C)Oc1nc(Cl)nc(Nc2c(F)cccc2Br)n1. The lowest BCUT2D eigenvalue weighted by Gasteiger charge is -2.11. The molecule has 0 atom stereocenters. The van der Waals surface area contributed by atoms with E-state index in [2.05, 4.69) is 36.2 Å². The van der Waals surface area contributed by atoms with Crippen molar-refractivity contribution in [2.75, 3.05) is 5.32 Å². The molecule has 0 saturated heterocycles. The molecule has 2 rings (SSSR count). The maximum absolute atomic E-state index is 13.7. The third kappa shape index (κ3) is 3.77. The van der Waals surface area contributed by atoms with Gasteiger partial charge in [-0.15, -0.1) is 0 Å². The number of hydrogen-bond donors (Lipinski definition) is 1. The molecule has 0 radical (unpaired) electrons. The molecule has 2 aromatic rings. The minimum Gasteiger partial charge on any atom is -0.461 e. The predicted molar refractivity (Wildman–Crippen MR) is 78.0 cm³/mol. The summed E-state index contributed by atoms with van der Waals surface area (Å²) in [6.45, 7) is 3.66. The van der Waals surface area contributed by atoms with Crippen molar-refractivity contribution in [2.24, 2.45) is 0 Å². The van der Waals surface area contributed by atoms with E-state index in [0.717, 1.165) is 0 Å². The van der Waals surface area contributed by atoms with Crippen LogP contribution in [-0.2, 0) is 0 Å². The molecule has 0 aliphatic heterocycles. The van der Waals surface area contributed by atoms with E-state index in [-0.39, 0.29) is 29.0 Å². The van der Waals surface area contributed by atoms with Crippen LogP contribution in [-0.4, -0.2) is 21.1 Å². The molecule has 0 fully saturated rings. The lowest BCUT2D eigenvalue weighted by atomic mass is 10.3. The van der Waals surface area contributed by atoms with Gasteiger partial charge in [-0.2, -0.15) is 15.0 Å². The van der Waals surface area contributed by atoms with Gasteiger partial charge in [-0.3, -0.25) is 0 Å².